The first-order chi connectivity index (χ1) is 18.0. The second kappa shape index (κ2) is 9.86. The fraction of sp³-hybridized carbons (Fsp3) is 0.200. The molecule has 1 aliphatic rings. The third-order valence-electron chi connectivity index (χ3n) is 6.39. The first-order valence-electron chi connectivity index (χ1n) is 11.8. The lowest BCUT2D eigenvalue weighted by Gasteiger charge is -2.18. The number of aryl methyl sites for hydroxylation is 4. The van der Waals surface area contributed by atoms with Gasteiger partial charge in [0.1, 0.15) is 0 Å². The van der Waals surface area contributed by atoms with E-state index in [1.165, 1.54) is 26.0 Å². The Morgan fingerprint density at radius 3 is 1.05 bits per heavy atom. The zero-order valence-corrected chi connectivity index (χ0v) is 22.2. The average molecular weight is 563 g/mol. The molecular weight excluding hydrogens is 538 g/mol. The van der Waals surface area contributed by atoms with Crippen molar-refractivity contribution in [3.63, 3.8) is 0 Å². The molecule has 4 aromatic carbocycles. The molecule has 0 aromatic heterocycles. The predicted molar refractivity (Wildman–Crippen MR) is 138 cm³/mol. The summed E-state index contributed by atoms with van der Waals surface area (Å²) in [5.74, 6) is 0. The van der Waals surface area contributed by atoms with E-state index >= 15 is 0 Å². The molecule has 0 radical (unpaired) electrons. The summed E-state index contributed by atoms with van der Waals surface area (Å²) in [6.07, 6.45) is -9.45. The van der Waals surface area contributed by atoms with Crippen molar-refractivity contribution in [2.45, 2.75) is 49.8 Å². The van der Waals surface area contributed by atoms with Gasteiger partial charge in [-0.25, -0.2) is 8.42 Å². The molecule has 0 N–H and O–H groups in total. The summed E-state index contributed by atoms with van der Waals surface area (Å²) in [4.78, 5) is 0.885. The minimum absolute atomic E-state index is 0.330. The number of alkyl halides is 6. The topological polar surface area (TPSA) is 34.1 Å². The van der Waals surface area contributed by atoms with Gasteiger partial charge in [-0.3, -0.25) is 0 Å². The molecule has 0 bridgehead atoms. The Morgan fingerprint density at radius 2 is 0.744 bits per heavy atom. The third-order valence-corrected chi connectivity index (χ3v) is 8.23. The fourth-order valence-electron chi connectivity index (χ4n) is 4.52. The Bertz CT molecular complexity index is 1560. The first kappa shape index (κ1) is 28.4. The van der Waals surface area contributed by atoms with Crippen LogP contribution in [0.3, 0.4) is 0 Å². The van der Waals surface area contributed by atoms with Gasteiger partial charge in [-0.2, -0.15) is 26.3 Å². The number of benzene rings is 4. The monoisotopic (exact) mass is 562 g/mol. The maximum Gasteiger partial charge on any atom is 0.417 e. The van der Waals surface area contributed by atoms with Crippen LogP contribution in [0.1, 0.15) is 33.4 Å². The lowest BCUT2D eigenvalue weighted by Crippen LogP contribution is -2.11. The standard InChI is InChI=1S/C16H12F6.C14H12O2S/c1-9-3-5-11(13(7-9)15(17,18)19)12-6-4-10(2)8-14(12)16(20,21)22;1-9-3-5-11-12-6-4-10(2)8-14(12)17(15,16)13(11)7-9/h3-8H,1-2H3;3-8H,1-2H3. The van der Waals surface area contributed by atoms with Crippen molar-refractivity contribution in [2.75, 3.05) is 0 Å². The van der Waals surface area contributed by atoms with Gasteiger partial charge in [0.25, 0.3) is 0 Å². The number of rotatable bonds is 1. The van der Waals surface area contributed by atoms with Gasteiger partial charge < -0.3 is 0 Å². The molecule has 0 atom stereocenters. The number of hydrogen-bond acceptors (Lipinski definition) is 2. The van der Waals surface area contributed by atoms with Gasteiger partial charge >= 0.3 is 12.4 Å². The number of hydrogen-bond donors (Lipinski definition) is 0. The highest BCUT2D eigenvalue weighted by atomic mass is 32.2. The van der Waals surface area contributed by atoms with E-state index in [9.17, 15) is 34.8 Å². The summed E-state index contributed by atoms with van der Waals surface area (Å²) in [7, 11) is -3.31. The molecular formula is C30H24F6O2S. The fourth-order valence-corrected chi connectivity index (χ4v) is 6.38. The van der Waals surface area contributed by atoms with E-state index in [2.05, 4.69) is 0 Å². The molecule has 0 amide bonds. The molecule has 2 nitrogen and oxygen atoms in total. The molecule has 1 aliphatic heterocycles. The average Bonchev–Trinajstić information content (AvgIpc) is 3.04. The highest BCUT2D eigenvalue weighted by Crippen LogP contribution is 2.44. The summed E-state index contributed by atoms with van der Waals surface area (Å²) in [6.45, 7) is 6.73. The molecule has 0 saturated carbocycles. The third kappa shape index (κ3) is 5.59. The lowest BCUT2D eigenvalue weighted by molar-refractivity contribution is -0.139. The van der Waals surface area contributed by atoms with Crippen LogP contribution in [0.5, 0.6) is 0 Å². The minimum Gasteiger partial charge on any atom is -0.218 e. The SMILES string of the molecule is Cc1ccc(-c2ccc(C)cc2C(F)(F)F)c(C(F)(F)F)c1.Cc1ccc2c(c1)S(=O)(=O)c1cc(C)ccc1-2. The summed E-state index contributed by atoms with van der Waals surface area (Å²) in [5.41, 5.74) is 1.18. The van der Waals surface area contributed by atoms with Crippen molar-refractivity contribution in [3.05, 3.63) is 106 Å². The molecule has 39 heavy (non-hydrogen) atoms. The van der Waals surface area contributed by atoms with E-state index < -0.39 is 44.4 Å². The molecule has 5 rings (SSSR count). The van der Waals surface area contributed by atoms with Crippen molar-refractivity contribution >= 4 is 9.84 Å². The molecule has 0 aliphatic carbocycles. The first-order valence-corrected chi connectivity index (χ1v) is 13.3. The molecule has 9 heteroatoms. The van der Waals surface area contributed by atoms with E-state index in [0.29, 0.717) is 20.9 Å². The van der Waals surface area contributed by atoms with E-state index in [0.717, 1.165) is 46.5 Å². The van der Waals surface area contributed by atoms with Crippen molar-refractivity contribution in [1.82, 2.24) is 0 Å². The van der Waals surface area contributed by atoms with E-state index in [-0.39, 0.29) is 0 Å². The van der Waals surface area contributed by atoms with Gasteiger partial charge in [0.05, 0.1) is 20.9 Å². The van der Waals surface area contributed by atoms with Crippen LogP contribution in [0.25, 0.3) is 22.3 Å². The summed E-state index contributed by atoms with van der Waals surface area (Å²) >= 11 is 0. The van der Waals surface area contributed by atoms with Gasteiger partial charge in [0, 0.05) is 11.1 Å². The molecule has 0 spiro atoms. The number of halogens is 6. The minimum atomic E-state index is -4.73. The van der Waals surface area contributed by atoms with Crippen molar-refractivity contribution < 1.29 is 34.8 Å². The van der Waals surface area contributed by atoms with Crippen LogP contribution in [-0.4, -0.2) is 8.42 Å². The van der Waals surface area contributed by atoms with Gasteiger partial charge in [-0.1, -0.05) is 59.7 Å². The van der Waals surface area contributed by atoms with Gasteiger partial charge in [0.15, 0.2) is 0 Å². The molecule has 0 saturated heterocycles. The van der Waals surface area contributed by atoms with Crippen LogP contribution >= 0.6 is 0 Å². The molecule has 1 heterocycles. The lowest BCUT2D eigenvalue weighted by atomic mass is 9.92. The quantitative estimate of drug-likeness (QED) is 0.191. The maximum absolute atomic E-state index is 13.1. The van der Waals surface area contributed by atoms with Crippen molar-refractivity contribution in [3.8, 4) is 22.3 Å². The molecule has 4 aromatic rings. The van der Waals surface area contributed by atoms with Crippen LogP contribution in [0.15, 0.2) is 82.6 Å². The van der Waals surface area contributed by atoms with Crippen molar-refractivity contribution in [1.29, 1.82) is 0 Å². The molecule has 204 valence electrons. The van der Waals surface area contributed by atoms with Gasteiger partial charge in [-0.15, -0.1) is 0 Å². The normalized spacial score (nSPS) is 13.8. The summed E-state index contributed by atoms with van der Waals surface area (Å²) < 4.78 is 104. The zero-order chi connectivity index (χ0) is 28.9. The number of sulfone groups is 1. The highest BCUT2D eigenvalue weighted by molar-refractivity contribution is 7.92. The Balaban J connectivity index is 0.000000186. The summed E-state index contributed by atoms with van der Waals surface area (Å²) in [6, 6.07) is 17.8. The van der Waals surface area contributed by atoms with Crippen LogP contribution < -0.4 is 0 Å². The molecule has 0 unspecified atom stereocenters. The zero-order valence-electron chi connectivity index (χ0n) is 21.4. The van der Waals surface area contributed by atoms with Crippen LogP contribution in [0.2, 0.25) is 0 Å². The highest BCUT2D eigenvalue weighted by Gasteiger charge is 2.38. The Kier molecular flexibility index (Phi) is 7.19. The molecule has 0 fully saturated rings. The Hall–Kier alpha value is -3.59. The van der Waals surface area contributed by atoms with Crippen LogP contribution in [0, 0.1) is 27.7 Å². The van der Waals surface area contributed by atoms with E-state index in [4.69, 9.17) is 0 Å². The van der Waals surface area contributed by atoms with Crippen LogP contribution in [0.4, 0.5) is 26.3 Å². The smallest absolute Gasteiger partial charge is 0.218 e. The maximum atomic E-state index is 13.1. The van der Waals surface area contributed by atoms with Crippen LogP contribution in [-0.2, 0) is 22.2 Å². The van der Waals surface area contributed by atoms with Gasteiger partial charge in [-0.05, 0) is 74.2 Å². The Labute approximate surface area is 222 Å². The predicted octanol–water partition coefficient (Wildman–Crippen LogP) is 9.12. The number of fused-ring (bicyclic) bond motifs is 3. The largest absolute Gasteiger partial charge is 0.417 e. The van der Waals surface area contributed by atoms with Gasteiger partial charge in [0.2, 0.25) is 9.84 Å². The second-order valence-corrected chi connectivity index (χ2v) is 11.5. The van der Waals surface area contributed by atoms with E-state index in [1.807, 2.05) is 38.1 Å². The second-order valence-electron chi connectivity index (χ2n) is 9.60. The summed E-state index contributed by atoms with van der Waals surface area (Å²) in [5, 5.41) is 0. The van der Waals surface area contributed by atoms with Crippen molar-refractivity contribution in [2.24, 2.45) is 0 Å². The Morgan fingerprint density at radius 1 is 0.462 bits per heavy atom. The van der Waals surface area contributed by atoms with E-state index in [1.54, 1.807) is 12.1 Å².